The van der Waals surface area contributed by atoms with E-state index in [2.05, 4.69) is 51.1 Å². The summed E-state index contributed by atoms with van der Waals surface area (Å²) in [7, 11) is 0. The van der Waals surface area contributed by atoms with Crippen molar-refractivity contribution in [3.05, 3.63) is 53.6 Å². The summed E-state index contributed by atoms with van der Waals surface area (Å²) in [5, 5.41) is 2.38. The van der Waals surface area contributed by atoms with E-state index in [1.807, 2.05) is 12.1 Å². The van der Waals surface area contributed by atoms with Crippen LogP contribution in [0, 0.1) is 12.3 Å². The van der Waals surface area contributed by atoms with Gasteiger partial charge >= 0.3 is 0 Å². The van der Waals surface area contributed by atoms with E-state index in [0.29, 0.717) is 6.42 Å². The van der Waals surface area contributed by atoms with Crippen molar-refractivity contribution in [1.82, 2.24) is 0 Å². The molecule has 1 heteroatoms. The van der Waals surface area contributed by atoms with Crippen molar-refractivity contribution in [3.63, 3.8) is 0 Å². The molecule has 0 aliphatic heterocycles. The Hall–Kier alpha value is -1.89. The third-order valence-electron chi connectivity index (χ3n) is 4.13. The Balaban J connectivity index is 2.28. The summed E-state index contributed by atoms with van der Waals surface area (Å²) in [6.07, 6.45) is 3.76. The van der Waals surface area contributed by atoms with Crippen molar-refractivity contribution in [2.75, 3.05) is 0 Å². The monoisotopic (exact) mass is 264 g/mol. The predicted octanol–water partition coefficient (Wildman–Crippen LogP) is 4.92. The molecule has 0 saturated heterocycles. The molecule has 0 atom stereocenters. The van der Waals surface area contributed by atoms with Gasteiger partial charge in [0.15, 0.2) is 5.78 Å². The van der Waals surface area contributed by atoms with Crippen LogP contribution in [0.5, 0.6) is 0 Å². The van der Waals surface area contributed by atoms with Gasteiger partial charge < -0.3 is 0 Å². The summed E-state index contributed by atoms with van der Waals surface area (Å²) in [6, 6.07) is 12.6. The number of hydrogen-bond donors (Lipinski definition) is 0. The number of allylic oxidation sites excluding steroid dienone is 2. The minimum absolute atomic E-state index is 0.105. The standard InChI is InChI=1S/C19H20O/c1-13-10-14-6-4-5-7-15(14)16(11-13)17-12-19(2,3)9-8-18(17)20/h4-7,10-12H,8-9H2,1-3H3. The first-order valence-electron chi connectivity index (χ1n) is 7.22. The molecular formula is C19H20O. The highest BCUT2D eigenvalue weighted by molar-refractivity contribution is 6.24. The van der Waals surface area contributed by atoms with Crippen LogP contribution >= 0.6 is 0 Å². The van der Waals surface area contributed by atoms with Crippen molar-refractivity contribution >= 4 is 22.1 Å². The molecule has 0 fully saturated rings. The second kappa shape index (κ2) is 4.59. The van der Waals surface area contributed by atoms with Gasteiger partial charge in [-0.2, -0.15) is 0 Å². The maximum absolute atomic E-state index is 12.4. The first-order valence-corrected chi connectivity index (χ1v) is 7.22. The first-order chi connectivity index (χ1) is 9.46. The molecule has 1 aliphatic rings. The van der Waals surface area contributed by atoms with Gasteiger partial charge in [-0.15, -0.1) is 0 Å². The Morgan fingerprint density at radius 1 is 1.10 bits per heavy atom. The van der Waals surface area contributed by atoms with Gasteiger partial charge in [0.05, 0.1) is 0 Å². The second-order valence-electron chi connectivity index (χ2n) is 6.50. The summed E-state index contributed by atoms with van der Waals surface area (Å²) in [5.41, 5.74) is 3.31. The highest BCUT2D eigenvalue weighted by Gasteiger charge is 2.27. The predicted molar refractivity (Wildman–Crippen MR) is 84.7 cm³/mol. The summed E-state index contributed by atoms with van der Waals surface area (Å²) in [6.45, 7) is 6.50. The number of carbonyl (C=O) groups is 1. The largest absolute Gasteiger partial charge is 0.294 e. The summed E-state index contributed by atoms with van der Waals surface area (Å²) in [5.74, 6) is 0.278. The molecule has 0 radical (unpaired) electrons. The number of carbonyl (C=O) groups excluding carboxylic acids is 1. The maximum Gasteiger partial charge on any atom is 0.163 e. The lowest BCUT2D eigenvalue weighted by Crippen LogP contribution is -2.19. The molecule has 2 aromatic rings. The lowest BCUT2D eigenvalue weighted by molar-refractivity contribution is -0.114. The molecule has 2 aromatic carbocycles. The van der Waals surface area contributed by atoms with Gasteiger partial charge in [0.25, 0.3) is 0 Å². The van der Waals surface area contributed by atoms with Crippen LogP contribution in [-0.4, -0.2) is 5.78 Å². The maximum atomic E-state index is 12.4. The summed E-state index contributed by atoms with van der Waals surface area (Å²) in [4.78, 5) is 12.4. The lowest BCUT2D eigenvalue weighted by Gasteiger charge is -2.27. The Morgan fingerprint density at radius 3 is 2.65 bits per heavy atom. The minimum Gasteiger partial charge on any atom is -0.294 e. The fourth-order valence-corrected chi connectivity index (χ4v) is 3.03. The van der Waals surface area contributed by atoms with Crippen LogP contribution in [0.3, 0.4) is 0 Å². The normalized spacial score (nSPS) is 18.1. The minimum atomic E-state index is 0.105. The molecule has 1 nitrogen and oxygen atoms in total. The number of fused-ring (bicyclic) bond motifs is 1. The van der Waals surface area contributed by atoms with E-state index in [9.17, 15) is 4.79 Å². The van der Waals surface area contributed by atoms with E-state index < -0.39 is 0 Å². The second-order valence-corrected chi connectivity index (χ2v) is 6.50. The van der Waals surface area contributed by atoms with Crippen LogP contribution < -0.4 is 0 Å². The molecule has 0 bridgehead atoms. The molecule has 0 amide bonds. The molecule has 0 N–H and O–H groups in total. The van der Waals surface area contributed by atoms with Crippen LogP contribution in [0.15, 0.2) is 42.5 Å². The Labute approximate surface area is 120 Å². The van der Waals surface area contributed by atoms with E-state index >= 15 is 0 Å². The molecule has 1 aliphatic carbocycles. The zero-order valence-electron chi connectivity index (χ0n) is 12.4. The summed E-state index contributed by atoms with van der Waals surface area (Å²) < 4.78 is 0. The van der Waals surface area contributed by atoms with Crippen LogP contribution in [0.2, 0.25) is 0 Å². The molecule has 0 unspecified atom stereocenters. The van der Waals surface area contributed by atoms with E-state index in [0.717, 1.165) is 17.6 Å². The number of Topliss-reactive ketones (excluding diaryl/α,β-unsaturated/α-hetero) is 1. The fraction of sp³-hybridized carbons (Fsp3) is 0.316. The molecular weight excluding hydrogens is 244 g/mol. The van der Waals surface area contributed by atoms with Gasteiger partial charge in [0.1, 0.15) is 0 Å². The average molecular weight is 264 g/mol. The van der Waals surface area contributed by atoms with Gasteiger partial charge in [-0.25, -0.2) is 0 Å². The number of aryl methyl sites for hydroxylation is 1. The average Bonchev–Trinajstić information content (AvgIpc) is 2.40. The van der Waals surface area contributed by atoms with Gasteiger partial charge in [0, 0.05) is 12.0 Å². The van der Waals surface area contributed by atoms with E-state index in [1.165, 1.54) is 16.3 Å². The molecule has 0 heterocycles. The van der Waals surface area contributed by atoms with Crippen LogP contribution in [0.25, 0.3) is 16.3 Å². The van der Waals surface area contributed by atoms with Crippen molar-refractivity contribution in [1.29, 1.82) is 0 Å². The zero-order valence-corrected chi connectivity index (χ0v) is 12.4. The quantitative estimate of drug-likeness (QED) is 0.714. The molecule has 20 heavy (non-hydrogen) atoms. The molecule has 0 saturated carbocycles. The van der Waals surface area contributed by atoms with E-state index in [1.54, 1.807) is 0 Å². The van der Waals surface area contributed by atoms with Crippen molar-refractivity contribution < 1.29 is 4.79 Å². The Morgan fingerprint density at radius 2 is 1.85 bits per heavy atom. The smallest absolute Gasteiger partial charge is 0.163 e. The SMILES string of the molecule is Cc1cc(C2=CC(C)(C)CCC2=O)c2ccccc2c1. The third kappa shape index (κ3) is 2.29. The van der Waals surface area contributed by atoms with Gasteiger partial charge in [0.2, 0.25) is 0 Å². The van der Waals surface area contributed by atoms with Gasteiger partial charge in [-0.05, 0) is 40.7 Å². The lowest BCUT2D eigenvalue weighted by atomic mass is 9.76. The molecule has 0 spiro atoms. The topological polar surface area (TPSA) is 17.1 Å². The number of rotatable bonds is 1. The first kappa shape index (κ1) is 13.1. The third-order valence-corrected chi connectivity index (χ3v) is 4.13. The van der Waals surface area contributed by atoms with Crippen LogP contribution in [-0.2, 0) is 4.79 Å². The number of ketones is 1. The van der Waals surface area contributed by atoms with Crippen molar-refractivity contribution in [2.45, 2.75) is 33.6 Å². The molecule has 0 aromatic heterocycles. The fourth-order valence-electron chi connectivity index (χ4n) is 3.03. The van der Waals surface area contributed by atoms with Crippen LogP contribution in [0.1, 0.15) is 37.8 Å². The number of hydrogen-bond acceptors (Lipinski definition) is 1. The number of benzene rings is 2. The molecule has 102 valence electrons. The van der Waals surface area contributed by atoms with E-state index in [4.69, 9.17) is 0 Å². The van der Waals surface area contributed by atoms with Gasteiger partial charge in [-0.1, -0.05) is 56.3 Å². The Bertz CT molecular complexity index is 720. The highest BCUT2D eigenvalue weighted by atomic mass is 16.1. The summed E-state index contributed by atoms with van der Waals surface area (Å²) >= 11 is 0. The van der Waals surface area contributed by atoms with Crippen molar-refractivity contribution in [3.8, 4) is 0 Å². The zero-order chi connectivity index (χ0) is 14.3. The Kier molecular flexibility index (Phi) is 3.01. The highest BCUT2D eigenvalue weighted by Crippen LogP contribution is 2.37. The molecule has 3 rings (SSSR count). The van der Waals surface area contributed by atoms with Gasteiger partial charge in [-0.3, -0.25) is 4.79 Å². The van der Waals surface area contributed by atoms with Crippen LogP contribution in [0.4, 0.5) is 0 Å². The van der Waals surface area contributed by atoms with E-state index in [-0.39, 0.29) is 11.2 Å². The van der Waals surface area contributed by atoms with Crippen molar-refractivity contribution in [2.24, 2.45) is 5.41 Å².